The second-order valence-electron chi connectivity index (χ2n) is 7.42. The largest absolute Gasteiger partial charge is 0.494 e. The summed E-state index contributed by atoms with van der Waals surface area (Å²) < 4.78 is 39.6. The minimum Gasteiger partial charge on any atom is -0.494 e. The summed E-state index contributed by atoms with van der Waals surface area (Å²) in [6.07, 6.45) is 0.810. The maximum Gasteiger partial charge on any atom is 0.191 e. The Morgan fingerprint density at radius 2 is 1.59 bits per heavy atom. The van der Waals surface area contributed by atoms with Crippen LogP contribution in [0.3, 0.4) is 0 Å². The van der Waals surface area contributed by atoms with Gasteiger partial charge in [0.1, 0.15) is 17.4 Å². The van der Waals surface area contributed by atoms with Gasteiger partial charge in [-0.3, -0.25) is 4.90 Å². The number of nitrogens with zero attached hydrogens (tertiary/aromatic N) is 4. The highest BCUT2D eigenvalue weighted by Crippen LogP contribution is 2.25. The summed E-state index contributed by atoms with van der Waals surface area (Å²) in [6, 6.07) is 12.4. The summed E-state index contributed by atoms with van der Waals surface area (Å²) in [5.41, 5.74) is 0.840. The molecule has 32 heavy (non-hydrogen) atoms. The minimum atomic E-state index is -0.277. The summed E-state index contributed by atoms with van der Waals surface area (Å²) in [5, 5.41) is 9.63. The Morgan fingerprint density at radius 1 is 0.906 bits per heavy atom. The number of aromatic nitrogens is 3. The van der Waals surface area contributed by atoms with E-state index in [0.717, 1.165) is 68.1 Å². The maximum absolute atomic E-state index is 13.4. The summed E-state index contributed by atoms with van der Waals surface area (Å²) >= 11 is 1.62. The van der Waals surface area contributed by atoms with Gasteiger partial charge in [-0.25, -0.2) is 8.78 Å². The molecule has 0 spiro atoms. The molecule has 0 bridgehead atoms. The second-order valence-corrected chi connectivity index (χ2v) is 8.49. The van der Waals surface area contributed by atoms with Gasteiger partial charge in [-0.05, 0) is 55.0 Å². The van der Waals surface area contributed by atoms with Crippen LogP contribution in [0.4, 0.5) is 8.78 Å². The minimum absolute atomic E-state index is 0.274. The average molecular weight is 461 g/mol. The normalized spacial score (nSPS) is 14.6. The van der Waals surface area contributed by atoms with Gasteiger partial charge < -0.3 is 14.0 Å². The molecule has 0 unspecified atom stereocenters. The zero-order chi connectivity index (χ0) is 22.2. The molecule has 2 heterocycles. The Bertz CT molecular complexity index is 977. The lowest BCUT2D eigenvalue weighted by Crippen LogP contribution is -2.38. The van der Waals surface area contributed by atoms with E-state index in [9.17, 15) is 8.78 Å². The summed E-state index contributed by atoms with van der Waals surface area (Å²) in [4.78, 5) is 2.36. The maximum atomic E-state index is 13.4. The number of benzene rings is 2. The van der Waals surface area contributed by atoms with Crippen molar-refractivity contribution in [3.63, 3.8) is 0 Å². The molecule has 2 aromatic carbocycles. The molecule has 3 aromatic rings. The first kappa shape index (κ1) is 22.7. The van der Waals surface area contributed by atoms with Crippen molar-refractivity contribution in [2.24, 2.45) is 0 Å². The predicted molar refractivity (Wildman–Crippen MR) is 120 cm³/mol. The highest BCUT2D eigenvalue weighted by Gasteiger charge is 2.17. The lowest BCUT2D eigenvalue weighted by atomic mass is 10.2. The van der Waals surface area contributed by atoms with Gasteiger partial charge >= 0.3 is 0 Å². The molecule has 0 N–H and O–H groups in total. The van der Waals surface area contributed by atoms with E-state index in [1.807, 2.05) is 0 Å². The molecule has 0 amide bonds. The van der Waals surface area contributed by atoms with E-state index in [-0.39, 0.29) is 11.6 Å². The van der Waals surface area contributed by atoms with Crippen LogP contribution in [0.2, 0.25) is 0 Å². The zero-order valence-corrected chi connectivity index (χ0v) is 18.6. The molecule has 0 aliphatic carbocycles. The third kappa shape index (κ3) is 6.27. The number of thioether (sulfide) groups is 1. The van der Waals surface area contributed by atoms with E-state index >= 15 is 0 Å². The summed E-state index contributed by atoms with van der Waals surface area (Å²) in [5.74, 6) is 1.65. The Balaban J connectivity index is 1.37. The van der Waals surface area contributed by atoms with Gasteiger partial charge in [0.05, 0.1) is 19.8 Å². The molecule has 0 radical (unpaired) electrons. The van der Waals surface area contributed by atoms with Crippen molar-refractivity contribution in [2.45, 2.75) is 18.1 Å². The first-order chi connectivity index (χ1) is 15.7. The monoisotopic (exact) mass is 460 g/mol. The standard InChI is InChI=1S/C23H26F2N4O2S/c24-19-4-2-18(3-5-19)22-26-27-23(29(22)11-10-28-12-15-30-16-13-28)32-17-1-14-31-21-8-6-20(25)7-9-21/h2-9H,1,10-17H2. The number of halogens is 2. The molecule has 1 saturated heterocycles. The fraction of sp³-hybridized carbons (Fsp3) is 0.391. The van der Waals surface area contributed by atoms with Crippen LogP contribution in [0.5, 0.6) is 5.75 Å². The van der Waals surface area contributed by atoms with E-state index < -0.39 is 0 Å². The molecule has 1 aliphatic rings. The molecule has 1 aromatic heterocycles. The lowest BCUT2D eigenvalue weighted by Gasteiger charge is -2.27. The van der Waals surface area contributed by atoms with Crippen molar-refractivity contribution in [1.82, 2.24) is 19.7 Å². The van der Waals surface area contributed by atoms with Crippen LogP contribution in [0.15, 0.2) is 53.7 Å². The SMILES string of the molecule is Fc1ccc(OCCCSc2nnc(-c3ccc(F)cc3)n2CCN2CCOCC2)cc1. The molecule has 170 valence electrons. The predicted octanol–water partition coefficient (Wildman–Crippen LogP) is 4.12. The van der Waals surface area contributed by atoms with Crippen molar-refractivity contribution in [2.75, 3.05) is 45.2 Å². The Hall–Kier alpha value is -2.49. The van der Waals surface area contributed by atoms with E-state index in [1.165, 1.54) is 24.3 Å². The molecule has 4 rings (SSSR count). The molecule has 0 atom stereocenters. The molecular formula is C23H26F2N4O2S. The molecule has 0 saturated carbocycles. The Kier molecular flexibility index (Phi) is 8.08. The topological polar surface area (TPSA) is 52.4 Å². The second kappa shape index (κ2) is 11.4. The van der Waals surface area contributed by atoms with Gasteiger partial charge in [-0.2, -0.15) is 0 Å². The fourth-order valence-electron chi connectivity index (χ4n) is 3.42. The van der Waals surface area contributed by atoms with E-state index in [2.05, 4.69) is 19.7 Å². The van der Waals surface area contributed by atoms with Crippen LogP contribution in [-0.2, 0) is 11.3 Å². The van der Waals surface area contributed by atoms with E-state index in [1.54, 1.807) is 36.0 Å². The van der Waals surface area contributed by atoms with Crippen molar-refractivity contribution in [3.8, 4) is 17.1 Å². The van der Waals surface area contributed by atoms with E-state index in [4.69, 9.17) is 9.47 Å². The number of ether oxygens (including phenoxy) is 2. The van der Waals surface area contributed by atoms with Gasteiger partial charge in [-0.15, -0.1) is 10.2 Å². The van der Waals surface area contributed by atoms with Gasteiger partial charge in [0, 0.05) is 37.5 Å². The molecule has 6 nitrogen and oxygen atoms in total. The molecule has 1 aliphatic heterocycles. The molecule has 1 fully saturated rings. The Morgan fingerprint density at radius 3 is 2.31 bits per heavy atom. The molecule has 9 heteroatoms. The Labute approximate surface area is 190 Å². The van der Waals surface area contributed by atoms with Crippen molar-refractivity contribution in [3.05, 3.63) is 60.2 Å². The van der Waals surface area contributed by atoms with Gasteiger partial charge in [0.2, 0.25) is 0 Å². The van der Waals surface area contributed by atoms with Crippen LogP contribution >= 0.6 is 11.8 Å². The number of morpholine rings is 1. The van der Waals surface area contributed by atoms with Gasteiger partial charge in [-0.1, -0.05) is 11.8 Å². The fourth-order valence-corrected chi connectivity index (χ4v) is 4.30. The highest BCUT2D eigenvalue weighted by molar-refractivity contribution is 7.99. The zero-order valence-electron chi connectivity index (χ0n) is 17.8. The number of hydrogen-bond acceptors (Lipinski definition) is 6. The van der Waals surface area contributed by atoms with Crippen molar-refractivity contribution < 1.29 is 18.3 Å². The van der Waals surface area contributed by atoms with E-state index in [0.29, 0.717) is 12.4 Å². The van der Waals surface area contributed by atoms with Crippen LogP contribution in [0.25, 0.3) is 11.4 Å². The molecular weight excluding hydrogens is 434 g/mol. The van der Waals surface area contributed by atoms with Crippen molar-refractivity contribution in [1.29, 1.82) is 0 Å². The van der Waals surface area contributed by atoms with Crippen LogP contribution in [0, 0.1) is 11.6 Å². The average Bonchev–Trinajstić information content (AvgIpc) is 3.22. The van der Waals surface area contributed by atoms with Crippen LogP contribution < -0.4 is 4.74 Å². The smallest absolute Gasteiger partial charge is 0.191 e. The van der Waals surface area contributed by atoms with Gasteiger partial charge in [0.15, 0.2) is 11.0 Å². The first-order valence-corrected chi connectivity index (χ1v) is 11.7. The summed E-state index contributed by atoms with van der Waals surface area (Å²) in [7, 11) is 0. The highest BCUT2D eigenvalue weighted by atomic mass is 32.2. The quantitative estimate of drug-likeness (QED) is 0.335. The van der Waals surface area contributed by atoms with Gasteiger partial charge in [0.25, 0.3) is 0 Å². The number of rotatable bonds is 10. The third-order valence-electron chi connectivity index (χ3n) is 5.17. The van der Waals surface area contributed by atoms with Crippen molar-refractivity contribution >= 4 is 11.8 Å². The third-order valence-corrected chi connectivity index (χ3v) is 6.22. The number of hydrogen-bond donors (Lipinski definition) is 0. The van der Waals surface area contributed by atoms with Crippen LogP contribution in [-0.4, -0.2) is 64.9 Å². The van der Waals surface area contributed by atoms with Crippen LogP contribution in [0.1, 0.15) is 6.42 Å². The summed E-state index contributed by atoms with van der Waals surface area (Å²) in [6.45, 7) is 5.48. The lowest BCUT2D eigenvalue weighted by molar-refractivity contribution is 0.0361. The first-order valence-electron chi connectivity index (χ1n) is 10.7.